The molecule has 0 aliphatic heterocycles. The Kier molecular flexibility index (Phi) is 20.5. The standard InChI is InChI=1S/C18H16N4O2.C9H7N5.C9H8N4O.C8H7N5O2.C8H9N5.C7H5N3O2/c1-24-17(23)13-7-4-11(5-8-13)2-3-12-6-9-15-14(10-12)16(19)22-18(20)21-15;10-4-5-1-2-7-6(3-5)8(11)14-9(12)13-7;10-8-6-3-5(4-14)1-2-7(6)12-9(11)13-8;9-7-5-3-4(13(14)15)1-2-6(5)11-8(10)12-7;9-4-1-2-6-5(3-4)7(10)13-8(11)12-6;1-9-7-4-5(10(11)12)2-3-6(7)8/h2-10H,1H3,(H4,19,20,21,22);1-3H,(H4,11,12,13,14);1-4H,(H4,10,11,12,13);1-3H,(H4,9,10,11,12);1-3H,9H2,(H4,10,11,12,13);2-4H,8H2/b3-2+;;;;;. The number of rotatable bonds is 6. The summed E-state index contributed by atoms with van der Waals surface area (Å²) >= 11 is 0. The molecule has 33 heteroatoms. The summed E-state index contributed by atoms with van der Waals surface area (Å²) in [6.07, 6.45) is 4.63. The van der Waals surface area contributed by atoms with Gasteiger partial charge in [-0.05, 0) is 102 Å². The summed E-state index contributed by atoms with van der Waals surface area (Å²) in [6.45, 7) is 6.64. The highest BCUT2D eigenvalue weighted by molar-refractivity contribution is 5.95. The number of nitriles is 1. The van der Waals surface area contributed by atoms with Gasteiger partial charge in [-0.3, -0.25) is 25.0 Å². The highest BCUT2D eigenvalue weighted by atomic mass is 16.6. The molecule has 460 valence electrons. The summed E-state index contributed by atoms with van der Waals surface area (Å²) in [5, 5.41) is 32.7. The number of ether oxygens (including phenoxy) is 1. The van der Waals surface area contributed by atoms with E-state index >= 15 is 0 Å². The third kappa shape index (κ3) is 16.7. The zero-order chi connectivity index (χ0) is 66.9. The molecule has 0 unspecified atom stereocenters. The van der Waals surface area contributed by atoms with Gasteiger partial charge in [-0.25, -0.2) is 34.6 Å². The SMILES string of the molecule is COC(=O)c1ccc(/C=C/c2ccc3nc(N)nc(N)c3c2)cc1.N#Cc1ccc2nc(N)nc(N)c2c1.Nc1ccc2nc(N)nc(N)c2c1.Nc1nc(N)c2cc(C=O)ccc2n1.Nc1nc(N)c2cc([N+](=O)[O-])ccc2n1.[C-]#[N+]c1cc([N+](=O)[O-])ccc1N. The molecule has 92 heavy (non-hydrogen) atoms. The molecule has 0 amide bonds. The minimum absolute atomic E-state index is 0.0499. The lowest BCUT2D eigenvalue weighted by molar-refractivity contribution is -0.384. The zero-order valence-electron chi connectivity index (χ0n) is 48.0. The summed E-state index contributed by atoms with van der Waals surface area (Å²) in [6, 6.07) is 38.0. The third-order valence-corrected chi connectivity index (χ3v) is 12.4. The lowest BCUT2D eigenvalue weighted by Gasteiger charge is -2.03. The molecule has 5 heterocycles. The van der Waals surface area contributed by atoms with Gasteiger partial charge in [0, 0.05) is 68.1 Å². The van der Waals surface area contributed by atoms with Crippen molar-refractivity contribution in [1.82, 2.24) is 49.8 Å². The van der Waals surface area contributed by atoms with Crippen molar-refractivity contribution < 1.29 is 24.2 Å². The fourth-order valence-electron chi connectivity index (χ4n) is 8.04. The summed E-state index contributed by atoms with van der Waals surface area (Å²) in [4.78, 5) is 83.8. The zero-order valence-corrected chi connectivity index (χ0v) is 48.0. The molecule has 0 fully saturated rings. The average Bonchev–Trinajstić information content (AvgIpc) is 0.948. The van der Waals surface area contributed by atoms with E-state index in [4.69, 9.17) is 80.6 Å². The van der Waals surface area contributed by atoms with Gasteiger partial charge in [0.1, 0.15) is 35.4 Å². The molecule has 0 aliphatic rings. The van der Waals surface area contributed by atoms with E-state index in [1.807, 2.05) is 48.6 Å². The van der Waals surface area contributed by atoms with E-state index < -0.39 is 9.85 Å². The predicted molar refractivity (Wildman–Crippen MR) is 353 cm³/mol. The summed E-state index contributed by atoms with van der Waals surface area (Å²) in [7, 11) is 1.36. The van der Waals surface area contributed by atoms with Gasteiger partial charge in [0.15, 0.2) is 0 Å². The van der Waals surface area contributed by atoms with Crippen molar-refractivity contribution in [2.24, 2.45) is 0 Å². The molecule has 0 saturated heterocycles. The minimum Gasteiger partial charge on any atom is -0.465 e. The number of anilines is 12. The van der Waals surface area contributed by atoms with Gasteiger partial charge in [0.2, 0.25) is 35.4 Å². The van der Waals surface area contributed by atoms with Gasteiger partial charge in [-0.1, -0.05) is 30.4 Å². The molecule has 0 aliphatic carbocycles. The lowest BCUT2D eigenvalue weighted by Crippen LogP contribution is -2.00. The van der Waals surface area contributed by atoms with E-state index in [1.165, 1.54) is 37.4 Å². The topological polar surface area (TPSA) is 599 Å². The van der Waals surface area contributed by atoms with Gasteiger partial charge in [0.05, 0.1) is 68.3 Å². The molecule has 5 aromatic heterocycles. The van der Waals surface area contributed by atoms with Crippen LogP contribution in [0.2, 0.25) is 0 Å². The molecule has 33 nitrogen and oxygen atoms in total. The van der Waals surface area contributed by atoms with Crippen LogP contribution in [0.3, 0.4) is 0 Å². The van der Waals surface area contributed by atoms with Crippen molar-refractivity contribution >= 4 is 166 Å². The number of aldehydes is 1. The largest absolute Gasteiger partial charge is 0.465 e. The highest BCUT2D eigenvalue weighted by Crippen LogP contribution is 2.28. The minimum atomic E-state index is -0.561. The van der Waals surface area contributed by atoms with Gasteiger partial charge < -0.3 is 73.5 Å². The highest BCUT2D eigenvalue weighted by Gasteiger charge is 2.12. The first-order valence-corrected chi connectivity index (χ1v) is 26.0. The van der Waals surface area contributed by atoms with Crippen LogP contribution < -0.4 is 68.8 Å². The lowest BCUT2D eigenvalue weighted by atomic mass is 10.1. The number of fused-ring (bicyclic) bond motifs is 5. The van der Waals surface area contributed by atoms with Gasteiger partial charge >= 0.3 is 5.97 Å². The van der Waals surface area contributed by atoms with E-state index in [1.54, 1.807) is 66.7 Å². The van der Waals surface area contributed by atoms with E-state index in [2.05, 4.69) is 59.4 Å². The Hall–Kier alpha value is -14.5. The molecular formula is C59H52N26O7. The first-order chi connectivity index (χ1) is 43.9. The second-order valence-corrected chi connectivity index (χ2v) is 18.6. The van der Waals surface area contributed by atoms with Gasteiger partial charge in [-0.2, -0.15) is 30.2 Å². The first kappa shape index (κ1) is 65.1. The Morgan fingerprint density at radius 2 is 0.848 bits per heavy atom. The van der Waals surface area contributed by atoms with Crippen LogP contribution in [-0.2, 0) is 4.74 Å². The quantitative estimate of drug-likeness (QED) is 0.0154. The molecular weight excluding hydrogens is 1180 g/mol. The molecule has 0 saturated carbocycles. The number of nitrogens with two attached hydrogens (primary N) is 12. The summed E-state index contributed by atoms with van der Waals surface area (Å²) in [5.74, 6) is 1.74. The predicted octanol–water partition coefficient (Wildman–Crippen LogP) is 6.83. The Balaban J connectivity index is 0.000000159. The van der Waals surface area contributed by atoms with Crippen LogP contribution in [0.5, 0.6) is 0 Å². The molecule has 0 radical (unpaired) electrons. The van der Waals surface area contributed by atoms with E-state index in [9.17, 15) is 29.8 Å². The number of nitro groups is 2. The Labute approximate surface area is 518 Å². The number of benzene rings is 7. The number of hydrogen-bond donors (Lipinski definition) is 12. The Bertz CT molecular complexity index is 4950. The van der Waals surface area contributed by atoms with Crippen LogP contribution in [0.1, 0.15) is 37.4 Å². The maximum absolute atomic E-state index is 11.4. The molecule has 12 rings (SSSR count). The van der Waals surface area contributed by atoms with Crippen molar-refractivity contribution in [2.45, 2.75) is 0 Å². The second kappa shape index (κ2) is 29.1. The van der Waals surface area contributed by atoms with E-state index in [0.717, 1.165) is 34.3 Å². The van der Waals surface area contributed by atoms with E-state index in [-0.39, 0.29) is 70.1 Å². The van der Waals surface area contributed by atoms with Crippen molar-refractivity contribution in [1.29, 1.82) is 5.26 Å². The number of carbonyl (C=O) groups is 2. The number of non-ortho nitro benzene ring substituents is 2. The molecule has 0 spiro atoms. The average molecular weight is 1240 g/mol. The number of hydrogen-bond acceptors (Lipinski definition) is 30. The molecule has 24 N–H and O–H groups in total. The number of methoxy groups -OCH3 is 1. The fraction of sp³-hybridized carbons (Fsp3) is 0.0169. The fourth-order valence-corrected chi connectivity index (χ4v) is 8.04. The van der Waals surface area contributed by atoms with Crippen LogP contribution in [0.4, 0.5) is 87.3 Å². The van der Waals surface area contributed by atoms with Crippen molar-refractivity contribution in [3.8, 4) is 6.07 Å². The number of esters is 1. The molecule has 12 aromatic rings. The maximum Gasteiger partial charge on any atom is 0.337 e. The molecule has 7 aromatic carbocycles. The summed E-state index contributed by atoms with van der Waals surface area (Å²) in [5.41, 5.74) is 74.1. The third-order valence-electron chi connectivity index (χ3n) is 12.4. The maximum atomic E-state index is 11.4. The van der Waals surface area contributed by atoms with Crippen LogP contribution in [0.15, 0.2) is 133 Å². The van der Waals surface area contributed by atoms with Crippen LogP contribution in [0, 0.1) is 38.1 Å². The Morgan fingerprint density at radius 3 is 1.29 bits per heavy atom. The normalized spacial score (nSPS) is 10.3. The van der Waals surface area contributed by atoms with Crippen molar-refractivity contribution in [3.63, 3.8) is 0 Å². The van der Waals surface area contributed by atoms with E-state index in [0.29, 0.717) is 83.6 Å². The molecule has 0 atom stereocenters. The summed E-state index contributed by atoms with van der Waals surface area (Å²) < 4.78 is 4.68. The smallest absolute Gasteiger partial charge is 0.337 e. The van der Waals surface area contributed by atoms with Crippen LogP contribution in [-0.4, -0.2) is 79.1 Å². The number of nitro benzene ring substituents is 2. The first-order valence-electron chi connectivity index (χ1n) is 26.0. The number of aromatic nitrogens is 10. The second-order valence-electron chi connectivity index (χ2n) is 18.6. The monoisotopic (exact) mass is 1240 g/mol. The Morgan fingerprint density at radius 1 is 0.478 bits per heavy atom. The van der Waals surface area contributed by atoms with Crippen molar-refractivity contribution in [3.05, 3.63) is 193 Å². The van der Waals surface area contributed by atoms with Gasteiger partial charge in [0.25, 0.3) is 11.4 Å². The van der Waals surface area contributed by atoms with Crippen molar-refractivity contribution in [2.75, 3.05) is 75.9 Å². The number of nitrogens with zero attached hydrogens (tertiary/aromatic N) is 14. The molecule has 0 bridgehead atoms. The van der Waals surface area contributed by atoms with Gasteiger partial charge in [-0.15, -0.1) is 0 Å². The number of carbonyl (C=O) groups excluding carboxylic acids is 2. The number of nitrogen functional groups attached to an aromatic ring is 12. The van der Waals surface area contributed by atoms with Crippen LogP contribution >= 0.6 is 0 Å². The van der Waals surface area contributed by atoms with Crippen LogP contribution in [0.25, 0.3) is 71.5 Å².